The lowest BCUT2D eigenvalue weighted by atomic mass is 10.1. The van der Waals surface area contributed by atoms with Crippen molar-refractivity contribution in [2.45, 2.75) is 26.2 Å². The number of nitrogen functional groups attached to an aromatic ring is 1. The lowest BCUT2D eigenvalue weighted by Gasteiger charge is -2.09. The molecule has 0 saturated heterocycles. The topological polar surface area (TPSA) is 90.7 Å². The molecule has 0 heterocycles. The molecule has 1 amide bonds. The van der Waals surface area contributed by atoms with E-state index in [1.807, 2.05) is 6.92 Å². The number of methoxy groups -OCH3 is 1. The summed E-state index contributed by atoms with van der Waals surface area (Å²) in [6.07, 6.45) is 1.15. The van der Waals surface area contributed by atoms with E-state index in [9.17, 15) is 9.59 Å². The number of nitrogens with two attached hydrogens (primary N) is 1. The Kier molecular flexibility index (Phi) is 9.16. The van der Waals surface area contributed by atoms with Crippen molar-refractivity contribution in [1.29, 1.82) is 0 Å². The van der Waals surface area contributed by atoms with Gasteiger partial charge in [0.15, 0.2) is 5.78 Å². The number of ether oxygens (including phenoxy) is 2. The Morgan fingerprint density at radius 2 is 1.78 bits per heavy atom. The highest BCUT2D eigenvalue weighted by atomic mass is 35.5. The van der Waals surface area contributed by atoms with E-state index in [2.05, 4.69) is 5.32 Å². The SMILES string of the molecule is CCCOc1ccc(C(=O)CCC(=O)Nc2ccc(OC)c(N)c2)cc1.Cl. The summed E-state index contributed by atoms with van der Waals surface area (Å²) in [5, 5.41) is 2.73. The van der Waals surface area contributed by atoms with Gasteiger partial charge in [0.1, 0.15) is 11.5 Å². The number of hydrogen-bond donors (Lipinski definition) is 2. The zero-order valence-electron chi connectivity index (χ0n) is 15.5. The molecule has 6 nitrogen and oxygen atoms in total. The fraction of sp³-hybridized carbons (Fsp3) is 0.300. The second kappa shape index (κ2) is 11.1. The van der Waals surface area contributed by atoms with Crippen LogP contribution in [0.25, 0.3) is 0 Å². The van der Waals surface area contributed by atoms with Crippen LogP contribution in [0.2, 0.25) is 0 Å². The first-order chi connectivity index (χ1) is 12.5. The fourth-order valence-electron chi connectivity index (χ4n) is 2.36. The molecule has 2 aromatic rings. The van der Waals surface area contributed by atoms with Gasteiger partial charge in [-0.3, -0.25) is 9.59 Å². The van der Waals surface area contributed by atoms with Crippen LogP contribution in [0, 0.1) is 0 Å². The maximum atomic E-state index is 12.2. The molecule has 7 heteroatoms. The van der Waals surface area contributed by atoms with E-state index in [1.165, 1.54) is 7.11 Å². The van der Waals surface area contributed by atoms with E-state index in [0.717, 1.165) is 12.2 Å². The number of Topliss-reactive ketones (excluding diaryl/α,β-unsaturated/α-hetero) is 1. The monoisotopic (exact) mass is 392 g/mol. The average molecular weight is 393 g/mol. The smallest absolute Gasteiger partial charge is 0.224 e. The number of benzene rings is 2. The number of hydrogen-bond acceptors (Lipinski definition) is 5. The van der Waals surface area contributed by atoms with Crippen LogP contribution < -0.4 is 20.5 Å². The molecule has 27 heavy (non-hydrogen) atoms. The minimum Gasteiger partial charge on any atom is -0.495 e. The maximum absolute atomic E-state index is 12.2. The zero-order chi connectivity index (χ0) is 18.9. The van der Waals surface area contributed by atoms with Crippen LogP contribution in [-0.4, -0.2) is 25.4 Å². The third kappa shape index (κ3) is 6.83. The standard InChI is InChI=1S/C20H24N2O4.ClH/c1-3-12-26-16-7-4-14(5-8-16)18(23)9-11-20(24)22-15-6-10-19(25-2)17(21)13-15;/h4-8,10,13H,3,9,11-12,21H2,1-2H3,(H,22,24);1H. The molecule has 2 rings (SSSR count). The molecule has 0 fully saturated rings. The molecule has 0 aliphatic heterocycles. The Bertz CT molecular complexity index is 763. The lowest BCUT2D eigenvalue weighted by Crippen LogP contribution is -2.13. The number of anilines is 2. The van der Waals surface area contributed by atoms with E-state index in [1.54, 1.807) is 42.5 Å². The Balaban J connectivity index is 0.00000364. The van der Waals surface area contributed by atoms with Crippen molar-refractivity contribution < 1.29 is 19.1 Å². The van der Waals surface area contributed by atoms with Gasteiger partial charge in [-0.1, -0.05) is 6.92 Å². The van der Waals surface area contributed by atoms with Crippen molar-refractivity contribution in [1.82, 2.24) is 0 Å². The quantitative estimate of drug-likeness (QED) is 0.495. The van der Waals surface area contributed by atoms with Gasteiger partial charge in [0.25, 0.3) is 0 Å². The first kappa shape index (κ1) is 22.3. The molecule has 0 aliphatic carbocycles. The molecule has 0 atom stereocenters. The third-order valence-corrected chi connectivity index (χ3v) is 3.74. The van der Waals surface area contributed by atoms with E-state index in [-0.39, 0.29) is 36.9 Å². The van der Waals surface area contributed by atoms with Crippen LogP contribution >= 0.6 is 12.4 Å². The highest BCUT2D eigenvalue weighted by Gasteiger charge is 2.10. The number of rotatable bonds is 9. The van der Waals surface area contributed by atoms with Crippen molar-refractivity contribution in [2.24, 2.45) is 0 Å². The maximum Gasteiger partial charge on any atom is 0.224 e. The van der Waals surface area contributed by atoms with Crippen molar-refractivity contribution in [3.63, 3.8) is 0 Å². The van der Waals surface area contributed by atoms with Crippen molar-refractivity contribution >= 4 is 35.5 Å². The van der Waals surface area contributed by atoms with E-state index < -0.39 is 0 Å². The van der Waals surface area contributed by atoms with Gasteiger partial charge in [-0.05, 0) is 48.9 Å². The molecule has 146 valence electrons. The summed E-state index contributed by atoms with van der Waals surface area (Å²) in [6.45, 7) is 2.67. The summed E-state index contributed by atoms with van der Waals surface area (Å²) < 4.78 is 10.6. The minimum absolute atomic E-state index is 0. The Morgan fingerprint density at radius 1 is 1.07 bits per heavy atom. The molecule has 3 N–H and O–H groups in total. The summed E-state index contributed by atoms with van der Waals surface area (Å²) in [5.41, 5.74) is 7.38. The number of carbonyl (C=O) groups is 2. The lowest BCUT2D eigenvalue weighted by molar-refractivity contribution is -0.116. The second-order valence-electron chi connectivity index (χ2n) is 5.80. The van der Waals surface area contributed by atoms with Crippen molar-refractivity contribution in [2.75, 3.05) is 24.8 Å². The second-order valence-corrected chi connectivity index (χ2v) is 5.80. The fourth-order valence-corrected chi connectivity index (χ4v) is 2.36. The highest BCUT2D eigenvalue weighted by molar-refractivity contribution is 6.00. The van der Waals surface area contributed by atoms with Crippen LogP contribution in [0.5, 0.6) is 11.5 Å². The Morgan fingerprint density at radius 3 is 2.37 bits per heavy atom. The average Bonchev–Trinajstić information content (AvgIpc) is 2.65. The van der Waals surface area contributed by atoms with E-state index >= 15 is 0 Å². The number of halogens is 1. The van der Waals surface area contributed by atoms with Gasteiger partial charge in [0, 0.05) is 24.1 Å². The molecular weight excluding hydrogens is 368 g/mol. The normalized spacial score (nSPS) is 9.85. The highest BCUT2D eigenvalue weighted by Crippen LogP contribution is 2.24. The van der Waals surface area contributed by atoms with Crippen molar-refractivity contribution in [3.05, 3.63) is 48.0 Å². The number of ketones is 1. The van der Waals surface area contributed by atoms with E-state index in [4.69, 9.17) is 15.2 Å². The van der Waals surface area contributed by atoms with Gasteiger partial charge < -0.3 is 20.5 Å². The Hall–Kier alpha value is -2.73. The first-order valence-corrected chi connectivity index (χ1v) is 8.53. The first-order valence-electron chi connectivity index (χ1n) is 8.53. The molecule has 0 aliphatic rings. The summed E-state index contributed by atoms with van der Waals surface area (Å²) in [7, 11) is 1.53. The molecular formula is C20H25ClN2O4. The molecule has 0 unspecified atom stereocenters. The summed E-state index contributed by atoms with van der Waals surface area (Å²) in [4.78, 5) is 24.2. The largest absolute Gasteiger partial charge is 0.495 e. The van der Waals surface area contributed by atoms with Crippen LogP contribution in [0.3, 0.4) is 0 Å². The Labute approximate surface area is 165 Å². The third-order valence-electron chi connectivity index (χ3n) is 3.74. The molecule has 0 saturated carbocycles. The molecule has 0 spiro atoms. The number of carbonyl (C=O) groups excluding carboxylic acids is 2. The van der Waals surface area contributed by atoms with Crippen LogP contribution in [0.4, 0.5) is 11.4 Å². The zero-order valence-corrected chi connectivity index (χ0v) is 16.3. The number of amides is 1. The van der Waals surface area contributed by atoms with Gasteiger partial charge in [0.05, 0.1) is 19.4 Å². The molecule has 0 aromatic heterocycles. The van der Waals surface area contributed by atoms with Gasteiger partial charge >= 0.3 is 0 Å². The predicted molar refractivity (Wildman–Crippen MR) is 109 cm³/mol. The summed E-state index contributed by atoms with van der Waals surface area (Å²) in [6, 6.07) is 12.0. The van der Waals surface area contributed by atoms with Crippen LogP contribution in [0.15, 0.2) is 42.5 Å². The molecule has 2 aromatic carbocycles. The van der Waals surface area contributed by atoms with Gasteiger partial charge in [-0.25, -0.2) is 0 Å². The van der Waals surface area contributed by atoms with Gasteiger partial charge in [0.2, 0.25) is 5.91 Å². The van der Waals surface area contributed by atoms with Crippen LogP contribution in [0.1, 0.15) is 36.5 Å². The summed E-state index contributed by atoms with van der Waals surface area (Å²) >= 11 is 0. The minimum atomic E-state index is -0.245. The number of nitrogens with one attached hydrogen (secondary N) is 1. The van der Waals surface area contributed by atoms with Crippen molar-refractivity contribution in [3.8, 4) is 11.5 Å². The predicted octanol–water partition coefficient (Wildman–Crippen LogP) is 4.09. The van der Waals surface area contributed by atoms with Crippen LogP contribution in [-0.2, 0) is 4.79 Å². The summed E-state index contributed by atoms with van der Waals surface area (Å²) in [5.74, 6) is 0.949. The van der Waals surface area contributed by atoms with Gasteiger partial charge in [-0.2, -0.15) is 0 Å². The molecule has 0 bridgehead atoms. The van der Waals surface area contributed by atoms with Gasteiger partial charge in [-0.15, -0.1) is 12.4 Å². The molecule has 0 radical (unpaired) electrons. The van der Waals surface area contributed by atoms with E-state index in [0.29, 0.717) is 29.3 Å².